The minimum absolute atomic E-state index is 0.555. The molecule has 0 aliphatic carbocycles. The van der Waals surface area contributed by atoms with Crippen LogP contribution in [0.5, 0.6) is 0 Å². The molecule has 62 valence electrons. The van der Waals surface area contributed by atoms with E-state index in [9.17, 15) is 4.57 Å². The summed E-state index contributed by atoms with van der Waals surface area (Å²) in [5, 5.41) is 3.28. The van der Waals surface area contributed by atoms with Crippen molar-refractivity contribution in [1.29, 1.82) is 0 Å². The summed E-state index contributed by atoms with van der Waals surface area (Å²) in [4.78, 5) is 0. The van der Waals surface area contributed by atoms with Crippen molar-refractivity contribution in [2.45, 2.75) is 26.3 Å². The van der Waals surface area contributed by atoms with Gasteiger partial charge < -0.3 is 9.88 Å². The maximum atomic E-state index is 10.6. The molecule has 0 bridgehead atoms. The number of rotatable bonds is 5. The van der Waals surface area contributed by atoms with E-state index in [4.69, 9.17) is 0 Å². The van der Waals surface area contributed by atoms with E-state index in [-0.39, 0.29) is 0 Å². The highest BCUT2D eigenvalue weighted by Crippen LogP contribution is 2.13. The Morgan fingerprint density at radius 3 is 2.50 bits per heavy atom. The number of nitrogens with one attached hydrogen (secondary N) is 1. The third kappa shape index (κ3) is 8.19. The van der Waals surface area contributed by atoms with Gasteiger partial charge in [0.25, 0.3) is 0 Å². The van der Waals surface area contributed by atoms with Gasteiger partial charge in [0.15, 0.2) is 0 Å². The highest BCUT2D eigenvalue weighted by Gasteiger charge is 1.92. The molecule has 0 aliphatic rings. The topological polar surface area (TPSA) is 29.1 Å². The van der Waals surface area contributed by atoms with E-state index >= 15 is 0 Å². The smallest absolute Gasteiger partial charge is 0.0733 e. The Morgan fingerprint density at radius 1 is 1.50 bits per heavy atom. The monoisotopic (exact) mass is 163 g/mol. The molecule has 1 unspecified atom stereocenters. The van der Waals surface area contributed by atoms with Crippen molar-refractivity contribution in [3.05, 3.63) is 0 Å². The van der Waals surface area contributed by atoms with Crippen LogP contribution in [0.2, 0.25) is 0 Å². The fraction of sp³-hybridized carbons (Fsp3) is 1.00. The van der Waals surface area contributed by atoms with E-state index in [1.54, 1.807) is 0 Å². The quantitative estimate of drug-likeness (QED) is 0.492. The maximum absolute atomic E-state index is 10.6. The average molecular weight is 163 g/mol. The third-order valence-corrected chi connectivity index (χ3v) is 2.32. The van der Waals surface area contributed by atoms with Gasteiger partial charge in [0.05, 0.1) is 7.80 Å². The van der Waals surface area contributed by atoms with E-state index in [1.165, 1.54) is 0 Å². The van der Waals surface area contributed by atoms with Crippen LogP contribution < -0.4 is 5.32 Å². The molecule has 10 heavy (non-hydrogen) atoms. The fourth-order valence-electron chi connectivity index (χ4n) is 0.728. The molecule has 0 rings (SSSR count). The Bertz CT molecular complexity index is 104. The number of hydrogen-bond donors (Lipinski definition) is 1. The Hall–Kier alpha value is 0.190. The molecule has 2 nitrogen and oxygen atoms in total. The largest absolute Gasteiger partial charge is 0.327 e. The lowest BCUT2D eigenvalue weighted by Crippen LogP contribution is -2.23. The van der Waals surface area contributed by atoms with Gasteiger partial charge in [-0.2, -0.15) is 0 Å². The molecule has 0 aliphatic heterocycles. The molecule has 0 radical (unpaired) electrons. The van der Waals surface area contributed by atoms with Crippen LogP contribution in [0.3, 0.4) is 0 Å². The summed E-state index contributed by atoms with van der Waals surface area (Å²) in [6.45, 7) is 7.06. The third-order valence-electron chi connectivity index (χ3n) is 1.26. The number of hydrogen-bond acceptors (Lipinski definition) is 2. The molecule has 0 aromatic rings. The summed E-state index contributed by atoms with van der Waals surface area (Å²) >= 11 is 0. The Labute approximate surface area is 64.2 Å². The summed E-state index contributed by atoms with van der Waals surface area (Å²) in [6.07, 6.45) is 1.94. The van der Waals surface area contributed by atoms with Crippen LogP contribution in [0.25, 0.3) is 0 Å². The molecule has 3 heteroatoms. The lowest BCUT2D eigenvalue weighted by Gasteiger charge is -2.05. The first-order chi connectivity index (χ1) is 4.63. The minimum Gasteiger partial charge on any atom is -0.327 e. The highest BCUT2D eigenvalue weighted by atomic mass is 31.1. The summed E-state index contributed by atoms with van der Waals surface area (Å²) < 4.78 is 10.6. The lowest BCUT2D eigenvalue weighted by atomic mass is 10.4. The predicted molar refractivity (Wildman–Crippen MR) is 47.5 cm³/mol. The molecule has 0 aromatic carbocycles. The first-order valence-corrected chi connectivity index (χ1v) is 5.97. The van der Waals surface area contributed by atoms with E-state index in [0.717, 1.165) is 19.1 Å². The summed E-state index contributed by atoms with van der Waals surface area (Å²) in [7, 11) is -1.22. The van der Waals surface area contributed by atoms with Crippen molar-refractivity contribution in [3.63, 3.8) is 0 Å². The molecule has 0 fully saturated rings. The Morgan fingerprint density at radius 2 is 2.10 bits per heavy atom. The molecule has 0 aromatic heterocycles. The van der Waals surface area contributed by atoms with E-state index in [0.29, 0.717) is 6.04 Å². The molecule has 1 N–H and O–H groups in total. The van der Waals surface area contributed by atoms with Crippen LogP contribution in [-0.2, 0) is 4.57 Å². The molecule has 1 atom stereocenters. The van der Waals surface area contributed by atoms with Crippen LogP contribution in [0.4, 0.5) is 0 Å². The Balaban J connectivity index is 2.98. The van der Waals surface area contributed by atoms with Crippen LogP contribution in [0, 0.1) is 0 Å². The van der Waals surface area contributed by atoms with Crippen molar-refractivity contribution < 1.29 is 4.57 Å². The van der Waals surface area contributed by atoms with Gasteiger partial charge in [0.1, 0.15) is 0 Å². The molecule has 0 heterocycles. The normalized spacial score (nSPS) is 14.0. The van der Waals surface area contributed by atoms with Gasteiger partial charge in [0, 0.05) is 6.04 Å². The van der Waals surface area contributed by atoms with Gasteiger partial charge in [-0.05, 0) is 25.8 Å². The van der Waals surface area contributed by atoms with Crippen LogP contribution in [0.15, 0.2) is 0 Å². The highest BCUT2D eigenvalue weighted by molar-refractivity contribution is 7.43. The second-order valence-corrected chi connectivity index (χ2v) is 4.82. The summed E-state index contributed by atoms with van der Waals surface area (Å²) in [5.41, 5.74) is 0. The summed E-state index contributed by atoms with van der Waals surface area (Å²) in [5.74, 6) is 0. The van der Waals surface area contributed by atoms with Gasteiger partial charge in [0.2, 0.25) is 0 Å². The van der Waals surface area contributed by atoms with E-state index in [2.05, 4.69) is 19.2 Å². The van der Waals surface area contributed by atoms with Gasteiger partial charge in [-0.25, -0.2) is 0 Å². The van der Waals surface area contributed by atoms with E-state index in [1.807, 2.05) is 6.66 Å². The lowest BCUT2D eigenvalue weighted by molar-refractivity contribution is 0.571. The predicted octanol–water partition coefficient (Wildman–Crippen LogP) is 1.56. The standard InChI is InChI=1S/C7H18NOP/c1-7(2)8-5-4-6-10(3)9/h7-8,10H,4-6H2,1-3H3. The average Bonchev–Trinajstić information content (AvgIpc) is 1.79. The van der Waals surface area contributed by atoms with Crippen molar-refractivity contribution in [2.75, 3.05) is 19.4 Å². The van der Waals surface area contributed by atoms with E-state index < -0.39 is 7.80 Å². The van der Waals surface area contributed by atoms with Crippen molar-refractivity contribution in [2.24, 2.45) is 0 Å². The maximum Gasteiger partial charge on any atom is 0.0733 e. The zero-order valence-corrected chi connectivity index (χ0v) is 8.11. The molecular weight excluding hydrogens is 145 g/mol. The van der Waals surface area contributed by atoms with Gasteiger partial charge in [-0.3, -0.25) is 0 Å². The van der Waals surface area contributed by atoms with Crippen molar-refractivity contribution in [3.8, 4) is 0 Å². The van der Waals surface area contributed by atoms with Gasteiger partial charge >= 0.3 is 0 Å². The second-order valence-electron chi connectivity index (χ2n) is 2.91. The van der Waals surface area contributed by atoms with Crippen LogP contribution in [0.1, 0.15) is 20.3 Å². The summed E-state index contributed by atoms with van der Waals surface area (Å²) in [6, 6.07) is 0.555. The first-order valence-electron chi connectivity index (χ1n) is 3.85. The fourth-order valence-corrected chi connectivity index (χ4v) is 1.40. The van der Waals surface area contributed by atoms with Crippen LogP contribution in [-0.4, -0.2) is 25.4 Å². The zero-order valence-electron chi connectivity index (χ0n) is 7.11. The zero-order chi connectivity index (χ0) is 7.98. The Kier molecular flexibility index (Phi) is 6.05. The molecular formula is C7H18NOP. The van der Waals surface area contributed by atoms with Crippen molar-refractivity contribution in [1.82, 2.24) is 5.32 Å². The molecule has 0 saturated carbocycles. The molecule has 0 saturated heterocycles. The molecule has 0 amide bonds. The first kappa shape index (κ1) is 10.2. The van der Waals surface area contributed by atoms with Gasteiger partial charge in [-0.15, -0.1) is 0 Å². The second kappa shape index (κ2) is 5.94. The minimum atomic E-state index is -1.22. The van der Waals surface area contributed by atoms with Crippen molar-refractivity contribution >= 4 is 7.80 Å². The van der Waals surface area contributed by atoms with Gasteiger partial charge in [-0.1, -0.05) is 13.8 Å². The SMILES string of the molecule is CC(C)NCCC[PH](C)=O. The van der Waals surface area contributed by atoms with Crippen LogP contribution >= 0.6 is 7.80 Å². The molecule has 0 spiro atoms.